The molecule has 2 aliphatic rings. The van der Waals surface area contributed by atoms with Gasteiger partial charge in [0.15, 0.2) is 5.78 Å². The summed E-state index contributed by atoms with van der Waals surface area (Å²) in [5.74, 6) is 0.960. The summed E-state index contributed by atoms with van der Waals surface area (Å²) < 4.78 is 10.8. The maximum Gasteiger partial charge on any atom is 0.190 e. The zero-order valence-corrected chi connectivity index (χ0v) is 12.6. The normalized spacial score (nSPS) is 18.9. The smallest absolute Gasteiger partial charge is 0.190 e. The zero-order chi connectivity index (χ0) is 15.2. The van der Waals surface area contributed by atoms with Crippen LogP contribution >= 0.6 is 0 Å². The Morgan fingerprint density at radius 1 is 1.05 bits per heavy atom. The molecule has 0 aromatic carbocycles. The van der Waals surface area contributed by atoms with Gasteiger partial charge in [0, 0.05) is 50.2 Å². The summed E-state index contributed by atoms with van der Waals surface area (Å²) in [5, 5.41) is 0. The van der Waals surface area contributed by atoms with E-state index in [1.54, 1.807) is 30.6 Å². The lowest BCUT2D eigenvalue weighted by atomic mass is 10.1. The molecule has 1 aromatic heterocycles. The molecule has 0 atom stereocenters. The summed E-state index contributed by atoms with van der Waals surface area (Å²) in [5.41, 5.74) is 0.613. The maximum atomic E-state index is 12.5. The van der Waals surface area contributed by atoms with Gasteiger partial charge in [0.1, 0.15) is 5.82 Å². The average Bonchev–Trinajstić information content (AvgIpc) is 2.62. The van der Waals surface area contributed by atoms with E-state index in [0.717, 1.165) is 32.0 Å². The van der Waals surface area contributed by atoms with E-state index in [2.05, 4.69) is 14.8 Å². The van der Waals surface area contributed by atoms with Gasteiger partial charge in [-0.25, -0.2) is 0 Å². The number of allylic oxidation sites excluding steroid dienone is 1. The van der Waals surface area contributed by atoms with Gasteiger partial charge < -0.3 is 19.3 Å². The van der Waals surface area contributed by atoms with Crippen LogP contribution in [0.15, 0.2) is 36.4 Å². The first-order valence-corrected chi connectivity index (χ1v) is 7.66. The van der Waals surface area contributed by atoms with Crippen molar-refractivity contribution >= 4 is 5.78 Å². The van der Waals surface area contributed by atoms with Gasteiger partial charge in [0.25, 0.3) is 0 Å². The second-order valence-electron chi connectivity index (χ2n) is 5.31. The highest BCUT2D eigenvalue weighted by Gasteiger charge is 2.22. The number of pyridine rings is 1. The van der Waals surface area contributed by atoms with Gasteiger partial charge in [-0.3, -0.25) is 9.78 Å². The predicted molar refractivity (Wildman–Crippen MR) is 81.4 cm³/mol. The lowest BCUT2D eigenvalue weighted by Gasteiger charge is -2.39. The Kier molecular flexibility index (Phi) is 5.03. The van der Waals surface area contributed by atoms with E-state index in [4.69, 9.17) is 9.47 Å². The molecule has 2 fully saturated rings. The number of hydrogen-bond donors (Lipinski definition) is 0. The van der Waals surface area contributed by atoms with Gasteiger partial charge in [0.05, 0.1) is 26.4 Å². The summed E-state index contributed by atoms with van der Waals surface area (Å²) in [7, 11) is 0. The Morgan fingerprint density at radius 2 is 1.64 bits per heavy atom. The molecular formula is C16H21N3O3. The number of hydrogen-bond acceptors (Lipinski definition) is 6. The Hall–Kier alpha value is -1.92. The standard InChI is InChI=1S/C16H21N3O3/c20-15(14-2-1-3-17-13-14)12-16(18-4-8-21-9-5-18)19-6-10-22-11-7-19/h1-3,12-13H,4-11H2. The van der Waals surface area contributed by atoms with Gasteiger partial charge in [-0.2, -0.15) is 0 Å². The third kappa shape index (κ3) is 3.64. The minimum Gasteiger partial charge on any atom is -0.378 e. The van der Waals surface area contributed by atoms with Crippen LogP contribution in [0.25, 0.3) is 0 Å². The summed E-state index contributed by atoms with van der Waals surface area (Å²) in [4.78, 5) is 21.0. The predicted octanol–water partition coefficient (Wildman–Crippen LogP) is 0.770. The van der Waals surface area contributed by atoms with Crippen LogP contribution in [-0.2, 0) is 9.47 Å². The number of rotatable bonds is 4. The number of nitrogens with zero attached hydrogens (tertiary/aromatic N) is 3. The third-order valence-corrected chi connectivity index (χ3v) is 3.88. The molecule has 0 unspecified atom stereocenters. The molecule has 0 radical (unpaired) electrons. The number of morpholine rings is 2. The van der Waals surface area contributed by atoms with Crippen molar-refractivity contribution in [2.24, 2.45) is 0 Å². The summed E-state index contributed by atoms with van der Waals surface area (Å²) >= 11 is 0. The maximum absolute atomic E-state index is 12.5. The topological polar surface area (TPSA) is 54.9 Å². The molecule has 2 aliphatic heterocycles. The van der Waals surface area contributed by atoms with Gasteiger partial charge in [0.2, 0.25) is 0 Å². The van der Waals surface area contributed by atoms with Crippen LogP contribution in [0.4, 0.5) is 0 Å². The zero-order valence-electron chi connectivity index (χ0n) is 12.6. The van der Waals surface area contributed by atoms with Gasteiger partial charge in [-0.1, -0.05) is 0 Å². The first kappa shape index (κ1) is 15.0. The van der Waals surface area contributed by atoms with Crippen LogP contribution in [0.3, 0.4) is 0 Å². The van der Waals surface area contributed by atoms with Gasteiger partial charge in [-0.15, -0.1) is 0 Å². The fourth-order valence-corrected chi connectivity index (χ4v) is 2.68. The van der Waals surface area contributed by atoms with Crippen molar-refractivity contribution in [3.63, 3.8) is 0 Å². The van der Waals surface area contributed by atoms with E-state index < -0.39 is 0 Å². The minimum absolute atomic E-state index is 0.0129. The molecule has 0 N–H and O–H groups in total. The van der Waals surface area contributed by atoms with E-state index in [9.17, 15) is 4.79 Å². The van der Waals surface area contributed by atoms with E-state index in [-0.39, 0.29) is 5.78 Å². The summed E-state index contributed by atoms with van der Waals surface area (Å²) in [6.07, 6.45) is 5.01. The lowest BCUT2D eigenvalue weighted by molar-refractivity contribution is 0.00840. The van der Waals surface area contributed by atoms with Crippen molar-refractivity contribution in [2.75, 3.05) is 52.6 Å². The average molecular weight is 303 g/mol. The van der Waals surface area contributed by atoms with Crippen LogP contribution < -0.4 is 0 Å². The molecule has 3 rings (SSSR count). The lowest BCUT2D eigenvalue weighted by Crippen LogP contribution is -2.46. The molecule has 0 aliphatic carbocycles. The molecule has 0 amide bonds. The SMILES string of the molecule is O=C(C=C(N1CCOCC1)N1CCOCC1)c1cccnc1. The number of aromatic nitrogens is 1. The molecular weight excluding hydrogens is 282 g/mol. The van der Waals surface area contributed by atoms with E-state index in [1.165, 1.54) is 0 Å². The van der Waals surface area contributed by atoms with Crippen molar-refractivity contribution in [1.82, 2.24) is 14.8 Å². The third-order valence-electron chi connectivity index (χ3n) is 3.88. The van der Waals surface area contributed by atoms with Gasteiger partial charge in [-0.05, 0) is 12.1 Å². The van der Waals surface area contributed by atoms with Crippen molar-refractivity contribution in [1.29, 1.82) is 0 Å². The molecule has 2 saturated heterocycles. The monoisotopic (exact) mass is 303 g/mol. The Bertz CT molecular complexity index is 501. The fraction of sp³-hybridized carbons (Fsp3) is 0.500. The van der Waals surface area contributed by atoms with Crippen molar-refractivity contribution in [3.8, 4) is 0 Å². The minimum atomic E-state index is -0.0129. The first-order valence-electron chi connectivity index (χ1n) is 7.66. The second-order valence-corrected chi connectivity index (χ2v) is 5.31. The number of carbonyl (C=O) groups is 1. The second kappa shape index (κ2) is 7.38. The Balaban J connectivity index is 1.82. The highest BCUT2D eigenvalue weighted by atomic mass is 16.5. The number of carbonyl (C=O) groups excluding carboxylic acids is 1. The molecule has 6 heteroatoms. The van der Waals surface area contributed by atoms with Gasteiger partial charge >= 0.3 is 0 Å². The van der Waals surface area contributed by atoms with Crippen LogP contribution in [-0.4, -0.2) is 73.2 Å². The Labute approximate surface area is 130 Å². The molecule has 6 nitrogen and oxygen atoms in total. The summed E-state index contributed by atoms with van der Waals surface area (Å²) in [6.45, 7) is 6.02. The highest BCUT2D eigenvalue weighted by Crippen LogP contribution is 2.16. The van der Waals surface area contributed by atoms with Crippen LogP contribution in [0.1, 0.15) is 10.4 Å². The first-order chi connectivity index (χ1) is 10.8. The molecule has 0 saturated carbocycles. The van der Waals surface area contributed by atoms with E-state index in [0.29, 0.717) is 32.0 Å². The van der Waals surface area contributed by atoms with Crippen molar-refractivity contribution < 1.29 is 14.3 Å². The van der Waals surface area contributed by atoms with Crippen molar-refractivity contribution in [2.45, 2.75) is 0 Å². The molecule has 0 spiro atoms. The molecule has 118 valence electrons. The highest BCUT2D eigenvalue weighted by molar-refractivity contribution is 6.04. The van der Waals surface area contributed by atoms with Crippen LogP contribution in [0, 0.1) is 0 Å². The number of ketones is 1. The molecule has 0 bridgehead atoms. The van der Waals surface area contributed by atoms with Crippen LogP contribution in [0.2, 0.25) is 0 Å². The number of ether oxygens (including phenoxy) is 2. The molecule has 3 heterocycles. The largest absolute Gasteiger partial charge is 0.378 e. The fourth-order valence-electron chi connectivity index (χ4n) is 2.68. The summed E-state index contributed by atoms with van der Waals surface area (Å²) in [6, 6.07) is 3.58. The quantitative estimate of drug-likeness (QED) is 0.605. The molecule has 22 heavy (non-hydrogen) atoms. The van der Waals surface area contributed by atoms with Crippen LogP contribution in [0.5, 0.6) is 0 Å². The van der Waals surface area contributed by atoms with E-state index >= 15 is 0 Å². The Morgan fingerprint density at radius 3 is 2.14 bits per heavy atom. The molecule has 1 aromatic rings. The van der Waals surface area contributed by atoms with Crippen molar-refractivity contribution in [3.05, 3.63) is 42.0 Å². The van der Waals surface area contributed by atoms with E-state index in [1.807, 2.05) is 0 Å².